The third-order valence-corrected chi connectivity index (χ3v) is 8.86. The lowest BCUT2D eigenvalue weighted by atomic mass is 9.83. The summed E-state index contributed by atoms with van der Waals surface area (Å²) in [6.07, 6.45) is 0. The van der Waals surface area contributed by atoms with Gasteiger partial charge >= 0.3 is 0 Å². The molecule has 0 saturated carbocycles. The molecule has 1 heterocycles. The highest BCUT2D eigenvalue weighted by atomic mass is 16.5. The van der Waals surface area contributed by atoms with Gasteiger partial charge in [0.1, 0.15) is 11.5 Å². The zero-order valence-corrected chi connectivity index (χ0v) is 23.4. The number of rotatable bonds is 3. The summed E-state index contributed by atoms with van der Waals surface area (Å²) in [4.78, 5) is 0. The molecule has 8 aromatic carbocycles. The summed E-state index contributed by atoms with van der Waals surface area (Å²) >= 11 is 0. The first-order chi connectivity index (χ1) is 21.3. The van der Waals surface area contributed by atoms with Gasteiger partial charge in [0, 0.05) is 10.9 Å². The lowest BCUT2D eigenvalue weighted by Crippen LogP contribution is -1.99. The first-order valence-corrected chi connectivity index (χ1v) is 14.8. The largest absolute Gasteiger partial charge is 0.456 e. The van der Waals surface area contributed by atoms with E-state index in [1.807, 2.05) is 0 Å². The molecule has 0 N–H and O–H groups in total. The molecule has 8 aromatic rings. The highest BCUT2D eigenvalue weighted by Crippen LogP contribution is 2.51. The van der Waals surface area contributed by atoms with Crippen LogP contribution in [0.2, 0.25) is 0 Å². The SMILES string of the molecule is c1ccc(-c2ccc3c(c2)Oc2ccc(-c4c5ccccc5c(-c5ccccc5)c5ccccc45)c4cccc-3c24)cc1. The summed E-state index contributed by atoms with van der Waals surface area (Å²) in [7, 11) is 0. The third kappa shape index (κ3) is 3.65. The molecule has 0 unspecified atom stereocenters. The maximum Gasteiger partial charge on any atom is 0.135 e. The maximum absolute atomic E-state index is 6.65. The average Bonchev–Trinajstić information content (AvgIpc) is 3.08. The van der Waals surface area contributed by atoms with E-state index < -0.39 is 0 Å². The summed E-state index contributed by atoms with van der Waals surface area (Å²) in [5.41, 5.74) is 9.69. The van der Waals surface area contributed by atoms with E-state index in [4.69, 9.17) is 4.74 Å². The Kier molecular flexibility index (Phi) is 5.27. The molecule has 1 heteroatoms. The second kappa shape index (κ2) is 9.44. The molecular weight excluding hydrogens is 520 g/mol. The molecule has 1 nitrogen and oxygen atoms in total. The molecule has 9 rings (SSSR count). The quantitative estimate of drug-likeness (QED) is 0.200. The van der Waals surface area contributed by atoms with Crippen molar-refractivity contribution in [3.8, 4) is 56.0 Å². The molecule has 0 aromatic heterocycles. The fourth-order valence-electron chi connectivity index (χ4n) is 6.99. The van der Waals surface area contributed by atoms with Crippen molar-refractivity contribution in [2.45, 2.75) is 0 Å². The predicted octanol–water partition coefficient (Wildman–Crippen LogP) is 11.9. The van der Waals surface area contributed by atoms with Gasteiger partial charge in [-0.25, -0.2) is 0 Å². The lowest BCUT2D eigenvalue weighted by molar-refractivity contribution is 0.487. The van der Waals surface area contributed by atoms with Crippen LogP contribution in [0.3, 0.4) is 0 Å². The van der Waals surface area contributed by atoms with Crippen molar-refractivity contribution >= 4 is 32.3 Å². The van der Waals surface area contributed by atoms with Gasteiger partial charge in [0.15, 0.2) is 0 Å². The van der Waals surface area contributed by atoms with Gasteiger partial charge in [-0.05, 0) is 90.1 Å². The molecular formula is C42H26O. The van der Waals surface area contributed by atoms with Gasteiger partial charge in [-0.2, -0.15) is 0 Å². The van der Waals surface area contributed by atoms with Crippen molar-refractivity contribution in [3.63, 3.8) is 0 Å². The molecule has 0 saturated heterocycles. The van der Waals surface area contributed by atoms with E-state index in [1.165, 1.54) is 65.7 Å². The number of hydrogen-bond acceptors (Lipinski definition) is 1. The Morgan fingerprint density at radius 3 is 1.53 bits per heavy atom. The molecule has 43 heavy (non-hydrogen) atoms. The van der Waals surface area contributed by atoms with Crippen LogP contribution in [0, 0.1) is 0 Å². The Morgan fingerprint density at radius 1 is 0.302 bits per heavy atom. The van der Waals surface area contributed by atoms with Crippen molar-refractivity contribution in [1.29, 1.82) is 0 Å². The van der Waals surface area contributed by atoms with Crippen molar-refractivity contribution in [2.75, 3.05) is 0 Å². The Morgan fingerprint density at radius 2 is 0.860 bits per heavy atom. The molecule has 0 radical (unpaired) electrons. The minimum absolute atomic E-state index is 0.900. The maximum atomic E-state index is 6.65. The van der Waals surface area contributed by atoms with Crippen LogP contribution >= 0.6 is 0 Å². The van der Waals surface area contributed by atoms with E-state index in [9.17, 15) is 0 Å². The number of hydrogen-bond donors (Lipinski definition) is 0. The van der Waals surface area contributed by atoms with Gasteiger partial charge in [-0.15, -0.1) is 0 Å². The van der Waals surface area contributed by atoms with E-state index in [0.717, 1.165) is 22.6 Å². The molecule has 1 aliphatic rings. The molecule has 0 spiro atoms. The van der Waals surface area contributed by atoms with Crippen molar-refractivity contribution in [1.82, 2.24) is 0 Å². The van der Waals surface area contributed by atoms with E-state index in [0.29, 0.717) is 0 Å². The van der Waals surface area contributed by atoms with Crippen LogP contribution in [0.1, 0.15) is 0 Å². The fraction of sp³-hybridized carbons (Fsp3) is 0. The first-order valence-electron chi connectivity index (χ1n) is 14.8. The summed E-state index contributed by atoms with van der Waals surface area (Å²) in [5, 5.41) is 7.41. The number of fused-ring (bicyclic) bond motifs is 4. The van der Waals surface area contributed by atoms with Crippen LogP contribution in [-0.4, -0.2) is 0 Å². The van der Waals surface area contributed by atoms with Crippen molar-refractivity contribution in [2.24, 2.45) is 0 Å². The van der Waals surface area contributed by atoms with Crippen LogP contribution in [-0.2, 0) is 0 Å². The van der Waals surface area contributed by atoms with Gasteiger partial charge in [-0.1, -0.05) is 133 Å². The molecule has 200 valence electrons. The molecule has 0 amide bonds. The van der Waals surface area contributed by atoms with E-state index in [1.54, 1.807) is 0 Å². The summed E-state index contributed by atoms with van der Waals surface area (Å²) in [6.45, 7) is 0. The van der Waals surface area contributed by atoms with Crippen LogP contribution in [0.4, 0.5) is 0 Å². The zero-order chi connectivity index (χ0) is 28.3. The lowest BCUT2D eigenvalue weighted by Gasteiger charge is -2.24. The molecule has 0 aliphatic carbocycles. The Hall–Kier alpha value is -5.66. The minimum atomic E-state index is 0.900. The van der Waals surface area contributed by atoms with Crippen molar-refractivity contribution in [3.05, 3.63) is 158 Å². The summed E-state index contributed by atoms with van der Waals surface area (Å²) < 4.78 is 6.65. The Labute approximate surface area is 250 Å². The van der Waals surface area contributed by atoms with Gasteiger partial charge in [0.2, 0.25) is 0 Å². The van der Waals surface area contributed by atoms with E-state index >= 15 is 0 Å². The average molecular weight is 547 g/mol. The first kappa shape index (κ1) is 24.0. The number of benzene rings is 8. The van der Waals surface area contributed by atoms with Gasteiger partial charge < -0.3 is 4.74 Å². The molecule has 0 fully saturated rings. The topological polar surface area (TPSA) is 9.23 Å². The fourth-order valence-corrected chi connectivity index (χ4v) is 6.99. The second-order valence-electron chi connectivity index (χ2n) is 11.2. The summed E-state index contributed by atoms with van der Waals surface area (Å²) in [5.74, 6) is 1.80. The van der Waals surface area contributed by atoms with Crippen LogP contribution in [0.5, 0.6) is 11.5 Å². The van der Waals surface area contributed by atoms with Crippen LogP contribution < -0.4 is 4.74 Å². The number of ether oxygens (including phenoxy) is 1. The highest BCUT2D eigenvalue weighted by molar-refractivity contribution is 6.24. The Balaban J connectivity index is 1.32. The van der Waals surface area contributed by atoms with Gasteiger partial charge in [-0.3, -0.25) is 0 Å². The van der Waals surface area contributed by atoms with Gasteiger partial charge in [0.05, 0.1) is 0 Å². The monoisotopic (exact) mass is 546 g/mol. The Bertz CT molecular complexity index is 2290. The molecule has 0 atom stereocenters. The van der Waals surface area contributed by atoms with Gasteiger partial charge in [0.25, 0.3) is 0 Å². The molecule has 1 aliphatic heterocycles. The predicted molar refractivity (Wildman–Crippen MR) is 181 cm³/mol. The van der Waals surface area contributed by atoms with Crippen LogP contribution in [0.15, 0.2) is 158 Å². The second-order valence-corrected chi connectivity index (χ2v) is 11.2. The van der Waals surface area contributed by atoms with Crippen molar-refractivity contribution < 1.29 is 4.74 Å². The molecule has 0 bridgehead atoms. The standard InChI is InChI=1S/C42H26O/c1-3-12-27(13-4-1)29-22-23-30-31-20-11-21-36-37(24-25-38(42(31)36)43-39(30)26-29)41-34-18-9-7-16-32(34)40(28-14-5-2-6-15-28)33-17-8-10-19-35(33)41/h1-26H. The summed E-state index contributed by atoms with van der Waals surface area (Å²) in [6, 6.07) is 56.6. The van der Waals surface area contributed by atoms with E-state index in [-0.39, 0.29) is 0 Å². The van der Waals surface area contributed by atoms with E-state index in [2.05, 4.69) is 158 Å². The normalized spacial score (nSPS) is 11.9. The highest BCUT2D eigenvalue weighted by Gasteiger charge is 2.24. The third-order valence-electron chi connectivity index (χ3n) is 8.86. The smallest absolute Gasteiger partial charge is 0.135 e. The van der Waals surface area contributed by atoms with Crippen LogP contribution in [0.25, 0.3) is 76.8 Å². The minimum Gasteiger partial charge on any atom is -0.456 e. The zero-order valence-electron chi connectivity index (χ0n) is 23.4.